The van der Waals surface area contributed by atoms with E-state index in [1.165, 1.54) is 4.31 Å². The summed E-state index contributed by atoms with van der Waals surface area (Å²) in [6.45, 7) is 11.3. The van der Waals surface area contributed by atoms with Crippen molar-refractivity contribution >= 4 is 10.0 Å². The van der Waals surface area contributed by atoms with Gasteiger partial charge in [0.15, 0.2) is 0 Å². The maximum atomic E-state index is 12.8. The van der Waals surface area contributed by atoms with Crippen molar-refractivity contribution in [2.45, 2.75) is 38.0 Å². The summed E-state index contributed by atoms with van der Waals surface area (Å²) >= 11 is 0. The largest absolute Gasteiger partial charge is 0.497 e. The van der Waals surface area contributed by atoms with Crippen LogP contribution in [0.2, 0.25) is 0 Å². The molecule has 25 heavy (non-hydrogen) atoms. The quantitative estimate of drug-likeness (QED) is 0.813. The molecule has 0 aromatic heterocycles. The first-order chi connectivity index (χ1) is 11.4. The topological polar surface area (TPSA) is 66.8 Å². The molecule has 1 fully saturated rings. The van der Waals surface area contributed by atoms with Gasteiger partial charge >= 0.3 is 0 Å². The predicted octanol–water partition coefficient (Wildman–Crippen LogP) is 2.77. The monoisotopic (exact) mass is 367 g/mol. The molecule has 1 heterocycles. The third-order valence-electron chi connectivity index (χ3n) is 5.12. The molecular formula is C19H29NO4S. The van der Waals surface area contributed by atoms with Crippen molar-refractivity contribution in [2.75, 3.05) is 20.2 Å². The normalized spacial score (nSPS) is 24.7. The van der Waals surface area contributed by atoms with Gasteiger partial charge in [-0.05, 0) is 51.3 Å². The van der Waals surface area contributed by atoms with Gasteiger partial charge in [-0.15, -0.1) is 6.58 Å². The Morgan fingerprint density at radius 3 is 2.44 bits per heavy atom. The fourth-order valence-corrected chi connectivity index (χ4v) is 4.86. The van der Waals surface area contributed by atoms with Crippen molar-refractivity contribution in [2.24, 2.45) is 11.8 Å². The molecule has 0 bridgehead atoms. The Morgan fingerprint density at radius 2 is 1.92 bits per heavy atom. The lowest BCUT2D eigenvalue weighted by molar-refractivity contribution is -0.0103. The fraction of sp³-hybridized carbons (Fsp3) is 0.579. The van der Waals surface area contributed by atoms with Gasteiger partial charge in [0.25, 0.3) is 0 Å². The van der Waals surface area contributed by atoms with Crippen molar-refractivity contribution in [1.29, 1.82) is 0 Å². The van der Waals surface area contributed by atoms with Crippen LogP contribution in [0.25, 0.3) is 0 Å². The van der Waals surface area contributed by atoms with Crippen LogP contribution in [0.3, 0.4) is 0 Å². The van der Waals surface area contributed by atoms with E-state index in [0.717, 1.165) is 0 Å². The smallest absolute Gasteiger partial charge is 0.219 e. The summed E-state index contributed by atoms with van der Waals surface area (Å²) < 4.78 is 31.5. The second kappa shape index (κ2) is 6.74. The summed E-state index contributed by atoms with van der Waals surface area (Å²) in [4.78, 5) is 0. The maximum absolute atomic E-state index is 12.8. The lowest BCUT2D eigenvalue weighted by Gasteiger charge is -2.34. The van der Waals surface area contributed by atoms with Crippen molar-refractivity contribution < 1.29 is 18.3 Å². The zero-order chi connectivity index (χ0) is 19.0. The molecule has 6 heteroatoms. The number of hydrogen-bond acceptors (Lipinski definition) is 4. The minimum atomic E-state index is -3.46. The molecule has 3 atom stereocenters. The van der Waals surface area contributed by atoms with Crippen molar-refractivity contribution in [3.63, 3.8) is 0 Å². The van der Waals surface area contributed by atoms with E-state index in [4.69, 9.17) is 4.74 Å². The summed E-state index contributed by atoms with van der Waals surface area (Å²) in [6.07, 6.45) is 1.75. The van der Waals surface area contributed by atoms with Crippen molar-refractivity contribution in [3.05, 3.63) is 42.5 Å². The molecule has 1 aromatic carbocycles. The highest BCUT2D eigenvalue weighted by atomic mass is 32.2. The lowest BCUT2D eigenvalue weighted by Crippen LogP contribution is -2.43. The van der Waals surface area contributed by atoms with Crippen molar-refractivity contribution in [3.8, 4) is 5.75 Å². The molecule has 1 N–H and O–H groups in total. The minimum absolute atomic E-state index is 0.127. The van der Waals surface area contributed by atoms with Crippen LogP contribution in [-0.2, 0) is 15.6 Å². The number of ether oxygens (including phenoxy) is 1. The molecule has 0 spiro atoms. The molecule has 140 valence electrons. The first-order valence-electron chi connectivity index (χ1n) is 8.44. The van der Waals surface area contributed by atoms with Crippen LogP contribution in [0, 0.1) is 11.8 Å². The molecule has 5 nitrogen and oxygen atoms in total. The highest BCUT2D eigenvalue weighted by Gasteiger charge is 2.49. The lowest BCUT2D eigenvalue weighted by atomic mass is 9.77. The fourth-order valence-electron chi connectivity index (χ4n) is 3.36. The number of sulfonamides is 1. The van der Waals surface area contributed by atoms with E-state index in [1.807, 2.05) is 18.2 Å². The Labute approximate surface area is 151 Å². The minimum Gasteiger partial charge on any atom is -0.497 e. The first kappa shape index (κ1) is 19.9. The second-order valence-corrected chi connectivity index (χ2v) is 10.5. The molecule has 1 aliphatic heterocycles. The van der Waals surface area contributed by atoms with Crippen molar-refractivity contribution in [1.82, 2.24) is 4.31 Å². The summed E-state index contributed by atoms with van der Waals surface area (Å²) in [6, 6.07) is 7.27. The van der Waals surface area contributed by atoms with Crippen LogP contribution in [0.1, 0.15) is 33.3 Å². The molecule has 0 radical (unpaired) electrons. The summed E-state index contributed by atoms with van der Waals surface area (Å²) in [5, 5.41) is 11.3. The Bertz CT molecular complexity index is 734. The molecule has 2 rings (SSSR count). The standard InChI is InChI=1S/C19H29NO4S/c1-7-14-12-20(25(22,23)18(2,3)4)13-17(14)19(5,21)15-9-8-10-16(11-15)24-6/h7-11,14,17,21H,1,12-13H2,2-6H3. The second-order valence-electron chi connectivity index (χ2n) is 7.82. The van der Waals surface area contributed by atoms with Gasteiger partial charge in [-0.3, -0.25) is 0 Å². The van der Waals surface area contributed by atoms with Gasteiger partial charge in [-0.2, -0.15) is 0 Å². The number of nitrogens with zero attached hydrogens (tertiary/aromatic N) is 1. The molecule has 1 saturated heterocycles. The third-order valence-corrected chi connectivity index (χ3v) is 7.65. The van der Waals surface area contributed by atoms with E-state index < -0.39 is 20.4 Å². The third kappa shape index (κ3) is 3.61. The average molecular weight is 368 g/mol. The van der Waals surface area contributed by atoms with E-state index in [9.17, 15) is 13.5 Å². The van der Waals surface area contributed by atoms with E-state index in [0.29, 0.717) is 17.9 Å². The Morgan fingerprint density at radius 1 is 1.28 bits per heavy atom. The number of benzene rings is 1. The zero-order valence-electron chi connectivity index (χ0n) is 15.7. The van der Waals surface area contributed by atoms with Crippen LogP contribution in [0.5, 0.6) is 5.75 Å². The molecule has 0 saturated carbocycles. The highest BCUT2D eigenvalue weighted by molar-refractivity contribution is 7.90. The number of aliphatic hydroxyl groups is 1. The van der Waals surface area contributed by atoms with Crippen LogP contribution >= 0.6 is 0 Å². The predicted molar refractivity (Wildman–Crippen MR) is 100.0 cm³/mol. The Hall–Kier alpha value is -1.37. The SMILES string of the molecule is C=CC1CN(S(=O)(=O)C(C)(C)C)CC1C(C)(O)c1cccc(OC)c1. The molecular weight excluding hydrogens is 338 g/mol. The summed E-state index contributed by atoms with van der Waals surface area (Å²) in [5.41, 5.74) is -0.492. The van der Waals surface area contributed by atoms with E-state index in [-0.39, 0.29) is 18.4 Å². The van der Waals surface area contributed by atoms with Gasteiger partial charge in [0.1, 0.15) is 5.75 Å². The molecule has 0 amide bonds. The number of hydrogen-bond donors (Lipinski definition) is 1. The molecule has 0 aliphatic carbocycles. The average Bonchev–Trinajstić information content (AvgIpc) is 2.99. The Kier molecular flexibility index (Phi) is 5.38. The maximum Gasteiger partial charge on any atom is 0.219 e. The van der Waals surface area contributed by atoms with E-state index in [2.05, 4.69) is 6.58 Å². The molecule has 3 unspecified atom stereocenters. The van der Waals surface area contributed by atoms with E-state index >= 15 is 0 Å². The van der Waals surface area contributed by atoms with Crippen LogP contribution in [0.15, 0.2) is 36.9 Å². The zero-order valence-corrected chi connectivity index (χ0v) is 16.5. The number of rotatable bonds is 5. The Balaban J connectivity index is 2.38. The van der Waals surface area contributed by atoms with Gasteiger partial charge < -0.3 is 9.84 Å². The summed E-state index contributed by atoms with van der Waals surface area (Å²) in [7, 11) is -1.88. The van der Waals surface area contributed by atoms with Crippen LogP contribution < -0.4 is 4.74 Å². The van der Waals surface area contributed by atoms with Gasteiger partial charge in [-0.1, -0.05) is 18.2 Å². The number of methoxy groups -OCH3 is 1. The van der Waals surface area contributed by atoms with Gasteiger partial charge in [-0.25, -0.2) is 12.7 Å². The van der Waals surface area contributed by atoms with E-state index in [1.54, 1.807) is 46.9 Å². The van der Waals surface area contributed by atoms with Gasteiger partial charge in [0.05, 0.1) is 17.5 Å². The van der Waals surface area contributed by atoms with Crippen LogP contribution in [-0.4, -0.2) is 42.8 Å². The molecule has 1 aromatic rings. The first-order valence-corrected chi connectivity index (χ1v) is 9.88. The summed E-state index contributed by atoms with van der Waals surface area (Å²) in [5.74, 6) is 0.248. The van der Waals surface area contributed by atoms with Gasteiger partial charge in [0.2, 0.25) is 10.0 Å². The highest BCUT2D eigenvalue weighted by Crippen LogP contribution is 2.42. The molecule has 1 aliphatic rings. The van der Waals surface area contributed by atoms with Gasteiger partial charge in [0, 0.05) is 19.0 Å². The van der Waals surface area contributed by atoms with Crippen LogP contribution in [0.4, 0.5) is 0 Å².